The van der Waals surface area contributed by atoms with Crippen LogP contribution >= 0.6 is 0 Å². The molecule has 1 fully saturated rings. The van der Waals surface area contributed by atoms with E-state index in [9.17, 15) is 9.18 Å². The van der Waals surface area contributed by atoms with Gasteiger partial charge in [-0.3, -0.25) is 14.6 Å². The molecule has 0 atom stereocenters. The quantitative estimate of drug-likeness (QED) is 0.827. The van der Waals surface area contributed by atoms with Crippen LogP contribution < -0.4 is 10.1 Å². The largest absolute Gasteiger partial charge is 0.492 e. The first kappa shape index (κ1) is 18.4. The summed E-state index contributed by atoms with van der Waals surface area (Å²) in [5, 5.41) is 2.74. The van der Waals surface area contributed by atoms with Crippen molar-refractivity contribution in [3.05, 3.63) is 60.4 Å². The van der Waals surface area contributed by atoms with E-state index in [1.54, 1.807) is 12.1 Å². The summed E-state index contributed by atoms with van der Waals surface area (Å²) in [6.07, 6.45) is 0. The average Bonchev–Trinajstić information content (AvgIpc) is 2.64. The molecule has 6 heteroatoms. The number of carbonyl (C=O) groups is 1. The Balaban J connectivity index is 1.33. The highest BCUT2D eigenvalue weighted by Gasteiger charge is 2.18. The number of anilines is 1. The molecule has 2 aromatic carbocycles. The highest BCUT2D eigenvalue weighted by atomic mass is 19.1. The molecule has 0 unspecified atom stereocenters. The second-order valence-corrected chi connectivity index (χ2v) is 6.34. The zero-order chi connectivity index (χ0) is 18.2. The van der Waals surface area contributed by atoms with Crippen molar-refractivity contribution in [3.8, 4) is 5.75 Å². The minimum atomic E-state index is -0.353. The van der Waals surface area contributed by atoms with Gasteiger partial charge in [0.1, 0.15) is 18.2 Å². The van der Waals surface area contributed by atoms with Gasteiger partial charge in [0.05, 0.1) is 6.54 Å². The summed E-state index contributed by atoms with van der Waals surface area (Å²) >= 11 is 0. The lowest BCUT2D eigenvalue weighted by atomic mass is 10.3. The lowest BCUT2D eigenvalue weighted by molar-refractivity contribution is -0.117. The van der Waals surface area contributed by atoms with E-state index >= 15 is 0 Å². The number of rotatable bonds is 7. The molecule has 1 saturated heterocycles. The summed E-state index contributed by atoms with van der Waals surface area (Å²) in [6.45, 7) is 5.34. The molecule has 1 heterocycles. The van der Waals surface area contributed by atoms with Crippen LogP contribution in [0.4, 0.5) is 10.1 Å². The Hall–Kier alpha value is -2.44. The van der Waals surface area contributed by atoms with Crippen molar-refractivity contribution in [2.45, 2.75) is 0 Å². The highest BCUT2D eigenvalue weighted by molar-refractivity contribution is 5.92. The fourth-order valence-corrected chi connectivity index (χ4v) is 2.95. The van der Waals surface area contributed by atoms with E-state index in [0.717, 1.165) is 38.5 Å². The van der Waals surface area contributed by atoms with E-state index in [1.165, 1.54) is 12.1 Å². The zero-order valence-corrected chi connectivity index (χ0v) is 14.7. The third-order valence-electron chi connectivity index (χ3n) is 4.36. The Kier molecular flexibility index (Phi) is 6.57. The molecule has 5 nitrogen and oxygen atoms in total. The predicted molar refractivity (Wildman–Crippen MR) is 99.8 cm³/mol. The summed E-state index contributed by atoms with van der Waals surface area (Å²) in [4.78, 5) is 16.5. The minimum absolute atomic E-state index is 0.114. The van der Waals surface area contributed by atoms with Crippen molar-refractivity contribution < 1.29 is 13.9 Å². The molecule has 1 aliphatic rings. The number of ether oxygens (including phenoxy) is 1. The topological polar surface area (TPSA) is 44.8 Å². The maximum absolute atomic E-state index is 13.2. The van der Waals surface area contributed by atoms with Crippen LogP contribution in [-0.4, -0.2) is 61.6 Å². The first-order chi connectivity index (χ1) is 12.7. The van der Waals surface area contributed by atoms with Gasteiger partial charge in [-0.25, -0.2) is 4.39 Å². The van der Waals surface area contributed by atoms with Gasteiger partial charge in [0.2, 0.25) is 5.91 Å². The molecule has 0 bridgehead atoms. The first-order valence-corrected chi connectivity index (χ1v) is 8.87. The maximum atomic E-state index is 13.2. The number of piperazine rings is 1. The van der Waals surface area contributed by atoms with Crippen molar-refractivity contribution >= 4 is 11.6 Å². The Labute approximate surface area is 153 Å². The number of amides is 1. The molecule has 0 saturated carbocycles. The Morgan fingerprint density at radius 2 is 1.73 bits per heavy atom. The summed E-state index contributed by atoms with van der Waals surface area (Å²) < 4.78 is 18.9. The van der Waals surface area contributed by atoms with Gasteiger partial charge >= 0.3 is 0 Å². The molecule has 1 amide bonds. The van der Waals surface area contributed by atoms with Gasteiger partial charge in [-0.2, -0.15) is 0 Å². The van der Waals surface area contributed by atoms with E-state index in [4.69, 9.17) is 4.74 Å². The van der Waals surface area contributed by atoms with Crippen molar-refractivity contribution in [3.63, 3.8) is 0 Å². The smallest absolute Gasteiger partial charge is 0.238 e. The van der Waals surface area contributed by atoms with E-state index in [-0.39, 0.29) is 11.7 Å². The highest BCUT2D eigenvalue weighted by Crippen LogP contribution is 2.10. The summed E-state index contributed by atoms with van der Waals surface area (Å²) in [6, 6.07) is 15.7. The van der Waals surface area contributed by atoms with E-state index in [0.29, 0.717) is 18.8 Å². The molecule has 3 rings (SSSR count). The third-order valence-corrected chi connectivity index (χ3v) is 4.36. The summed E-state index contributed by atoms with van der Waals surface area (Å²) in [5.41, 5.74) is 0.492. The molecule has 2 aromatic rings. The van der Waals surface area contributed by atoms with Crippen LogP contribution in [0.2, 0.25) is 0 Å². The Morgan fingerprint density at radius 1 is 1.00 bits per heavy atom. The Morgan fingerprint density at radius 3 is 2.46 bits per heavy atom. The molecule has 0 aliphatic carbocycles. The number of benzene rings is 2. The molecule has 0 aromatic heterocycles. The van der Waals surface area contributed by atoms with Crippen LogP contribution in [0.1, 0.15) is 0 Å². The monoisotopic (exact) mass is 357 g/mol. The molecule has 0 radical (unpaired) electrons. The van der Waals surface area contributed by atoms with Gasteiger partial charge in [0, 0.05) is 38.4 Å². The molecular weight excluding hydrogens is 333 g/mol. The lowest BCUT2D eigenvalue weighted by Gasteiger charge is -2.34. The molecule has 0 spiro atoms. The number of carbonyl (C=O) groups excluding carboxylic acids is 1. The van der Waals surface area contributed by atoms with Crippen molar-refractivity contribution in [2.75, 3.05) is 51.2 Å². The van der Waals surface area contributed by atoms with E-state index in [2.05, 4.69) is 15.1 Å². The van der Waals surface area contributed by atoms with E-state index in [1.807, 2.05) is 30.3 Å². The van der Waals surface area contributed by atoms with Crippen molar-refractivity contribution in [1.29, 1.82) is 0 Å². The number of halogens is 1. The molecule has 1 N–H and O–H groups in total. The van der Waals surface area contributed by atoms with Crippen LogP contribution in [0.25, 0.3) is 0 Å². The first-order valence-electron chi connectivity index (χ1n) is 8.87. The van der Waals surface area contributed by atoms with Crippen molar-refractivity contribution in [2.24, 2.45) is 0 Å². The standard InChI is InChI=1S/C20H24FN3O2/c21-17-5-4-6-18(15-17)22-20(25)16-24-11-9-23(10-12-24)13-14-26-19-7-2-1-3-8-19/h1-8,15H,9-14,16H2,(H,22,25). The summed E-state index contributed by atoms with van der Waals surface area (Å²) in [5.74, 6) is 0.422. The van der Waals surface area contributed by atoms with Crippen molar-refractivity contribution in [1.82, 2.24) is 9.80 Å². The van der Waals surface area contributed by atoms with Crippen LogP contribution in [0.3, 0.4) is 0 Å². The zero-order valence-electron chi connectivity index (χ0n) is 14.7. The lowest BCUT2D eigenvalue weighted by Crippen LogP contribution is -2.49. The Bertz CT molecular complexity index is 703. The number of hydrogen-bond donors (Lipinski definition) is 1. The number of nitrogens with one attached hydrogen (secondary N) is 1. The third kappa shape index (κ3) is 5.82. The molecule has 26 heavy (non-hydrogen) atoms. The normalized spacial score (nSPS) is 15.6. The number of hydrogen-bond acceptors (Lipinski definition) is 4. The van der Waals surface area contributed by atoms with Gasteiger partial charge in [-0.05, 0) is 30.3 Å². The van der Waals surface area contributed by atoms with Gasteiger partial charge < -0.3 is 10.1 Å². The fraction of sp³-hybridized carbons (Fsp3) is 0.350. The van der Waals surface area contributed by atoms with Gasteiger partial charge in [-0.1, -0.05) is 24.3 Å². The molecule has 1 aliphatic heterocycles. The second-order valence-electron chi connectivity index (χ2n) is 6.34. The van der Waals surface area contributed by atoms with Crippen LogP contribution in [-0.2, 0) is 4.79 Å². The van der Waals surface area contributed by atoms with Crippen LogP contribution in [0.5, 0.6) is 5.75 Å². The molecule has 138 valence electrons. The van der Waals surface area contributed by atoms with Gasteiger partial charge in [0.25, 0.3) is 0 Å². The SMILES string of the molecule is O=C(CN1CCN(CCOc2ccccc2)CC1)Nc1cccc(F)c1. The van der Waals surface area contributed by atoms with Gasteiger partial charge in [0.15, 0.2) is 0 Å². The number of para-hydroxylation sites is 1. The van der Waals surface area contributed by atoms with E-state index < -0.39 is 0 Å². The number of nitrogens with zero attached hydrogens (tertiary/aromatic N) is 2. The predicted octanol–water partition coefficient (Wildman–Crippen LogP) is 2.46. The summed E-state index contributed by atoms with van der Waals surface area (Å²) in [7, 11) is 0. The molecular formula is C20H24FN3O2. The second kappa shape index (κ2) is 9.31. The minimum Gasteiger partial charge on any atom is -0.492 e. The maximum Gasteiger partial charge on any atom is 0.238 e. The van der Waals surface area contributed by atoms with Crippen LogP contribution in [0.15, 0.2) is 54.6 Å². The fourth-order valence-electron chi connectivity index (χ4n) is 2.95. The van der Waals surface area contributed by atoms with Gasteiger partial charge in [-0.15, -0.1) is 0 Å². The van der Waals surface area contributed by atoms with Crippen LogP contribution in [0, 0.1) is 5.82 Å². The average molecular weight is 357 g/mol.